The van der Waals surface area contributed by atoms with Crippen LogP contribution >= 0.6 is 11.3 Å². The van der Waals surface area contributed by atoms with E-state index in [0.717, 1.165) is 37.7 Å². The maximum Gasteiger partial charge on any atom is 0.273 e. The number of hydrogen-bond acceptors (Lipinski definition) is 5. The quantitative estimate of drug-likeness (QED) is 0.503. The highest BCUT2D eigenvalue weighted by Gasteiger charge is 2.23. The van der Waals surface area contributed by atoms with Crippen molar-refractivity contribution in [2.24, 2.45) is 0 Å². The van der Waals surface area contributed by atoms with Crippen LogP contribution in [0.25, 0.3) is 0 Å². The second-order valence-electron chi connectivity index (χ2n) is 6.04. The zero-order valence-corrected chi connectivity index (χ0v) is 14.6. The number of amides is 1. The molecule has 3 rings (SSSR count). The maximum atomic E-state index is 12.6. The minimum Gasteiger partial charge on any atom is -0.312 e. The number of carbonyl (C=O) groups is 1. The molecule has 25 heavy (non-hydrogen) atoms. The van der Waals surface area contributed by atoms with Gasteiger partial charge < -0.3 is 5.32 Å². The lowest BCUT2D eigenvalue weighted by Gasteiger charge is -2.07. The van der Waals surface area contributed by atoms with E-state index < -0.39 is 10.8 Å². The van der Waals surface area contributed by atoms with Gasteiger partial charge in [-0.15, -0.1) is 11.3 Å². The Morgan fingerprint density at radius 3 is 2.80 bits per heavy atom. The number of fused-ring (bicyclic) bond motifs is 1. The molecule has 0 aliphatic heterocycles. The molecule has 0 spiro atoms. The number of benzene rings is 1. The van der Waals surface area contributed by atoms with E-state index >= 15 is 0 Å². The predicted octanol–water partition coefficient (Wildman–Crippen LogP) is 4.36. The third-order valence-electron chi connectivity index (χ3n) is 4.51. The summed E-state index contributed by atoms with van der Waals surface area (Å²) in [6.07, 6.45) is 5.09. The van der Waals surface area contributed by atoms with Crippen LogP contribution in [-0.2, 0) is 12.8 Å². The molecule has 0 fully saturated rings. The van der Waals surface area contributed by atoms with Gasteiger partial charge in [-0.05, 0) is 44.2 Å². The summed E-state index contributed by atoms with van der Waals surface area (Å²) in [5.41, 5.74) is 2.08. The number of carbonyl (C=O) groups excluding carboxylic acids is 1. The van der Waals surface area contributed by atoms with Crippen LogP contribution in [0.4, 0.5) is 10.7 Å². The molecule has 1 amide bonds. The summed E-state index contributed by atoms with van der Waals surface area (Å²) in [6, 6.07) is 6.65. The Hall–Kier alpha value is -2.72. The van der Waals surface area contributed by atoms with E-state index in [2.05, 4.69) is 11.4 Å². The van der Waals surface area contributed by atoms with E-state index in [4.69, 9.17) is 0 Å². The van der Waals surface area contributed by atoms with Gasteiger partial charge >= 0.3 is 0 Å². The van der Waals surface area contributed by atoms with Gasteiger partial charge in [-0.2, -0.15) is 5.26 Å². The van der Waals surface area contributed by atoms with Crippen LogP contribution < -0.4 is 5.32 Å². The highest BCUT2D eigenvalue weighted by Crippen LogP contribution is 2.37. The summed E-state index contributed by atoms with van der Waals surface area (Å²) < 4.78 is 0. The number of nitriles is 1. The fourth-order valence-electron chi connectivity index (χ4n) is 3.19. The Morgan fingerprint density at radius 2 is 2.08 bits per heavy atom. The number of nitrogens with one attached hydrogen (secondary N) is 1. The highest BCUT2D eigenvalue weighted by atomic mass is 32.1. The van der Waals surface area contributed by atoms with Crippen molar-refractivity contribution in [2.75, 3.05) is 5.32 Å². The summed E-state index contributed by atoms with van der Waals surface area (Å²) >= 11 is 1.45. The van der Waals surface area contributed by atoms with Crippen LogP contribution in [0.2, 0.25) is 0 Å². The van der Waals surface area contributed by atoms with E-state index in [1.165, 1.54) is 28.3 Å². The summed E-state index contributed by atoms with van der Waals surface area (Å²) in [7, 11) is 0. The fourth-order valence-corrected chi connectivity index (χ4v) is 4.42. The summed E-state index contributed by atoms with van der Waals surface area (Å²) in [4.78, 5) is 24.3. The van der Waals surface area contributed by atoms with E-state index in [0.29, 0.717) is 16.1 Å². The molecule has 0 radical (unpaired) electrons. The number of rotatable bonds is 3. The number of nitro benzene ring substituents is 1. The van der Waals surface area contributed by atoms with Crippen LogP contribution in [0.5, 0.6) is 0 Å². The van der Waals surface area contributed by atoms with Crippen molar-refractivity contribution >= 4 is 27.9 Å². The molecule has 1 aromatic carbocycles. The largest absolute Gasteiger partial charge is 0.312 e. The molecule has 1 N–H and O–H groups in total. The molecule has 0 atom stereocenters. The normalized spacial score (nSPS) is 13.4. The van der Waals surface area contributed by atoms with Gasteiger partial charge in [0.1, 0.15) is 11.1 Å². The smallest absolute Gasteiger partial charge is 0.273 e. The Labute approximate surface area is 149 Å². The molecule has 0 saturated heterocycles. The Morgan fingerprint density at radius 1 is 1.32 bits per heavy atom. The zero-order valence-electron chi connectivity index (χ0n) is 13.8. The van der Waals surface area contributed by atoms with Crippen molar-refractivity contribution in [3.05, 3.63) is 55.4 Å². The van der Waals surface area contributed by atoms with Crippen LogP contribution in [0.1, 0.15) is 51.2 Å². The Balaban J connectivity index is 1.94. The molecule has 0 unspecified atom stereocenters. The van der Waals surface area contributed by atoms with Gasteiger partial charge in [-0.25, -0.2) is 0 Å². The molecular formula is C18H17N3O3S. The van der Waals surface area contributed by atoms with E-state index in [1.807, 2.05) is 0 Å². The first kappa shape index (κ1) is 17.1. The molecule has 6 nitrogen and oxygen atoms in total. The lowest BCUT2D eigenvalue weighted by Crippen LogP contribution is -2.14. The molecule has 1 aromatic heterocycles. The van der Waals surface area contributed by atoms with Gasteiger partial charge in [0.25, 0.3) is 11.6 Å². The number of anilines is 1. The maximum absolute atomic E-state index is 12.6. The molecule has 0 bridgehead atoms. The first-order valence-electron chi connectivity index (χ1n) is 8.13. The van der Waals surface area contributed by atoms with Crippen LogP contribution in [0.3, 0.4) is 0 Å². The van der Waals surface area contributed by atoms with Gasteiger partial charge in [-0.1, -0.05) is 12.5 Å². The number of thiophene rings is 1. The third kappa shape index (κ3) is 3.26. The van der Waals surface area contributed by atoms with Crippen LogP contribution in [0.15, 0.2) is 18.2 Å². The average Bonchev–Trinajstić information content (AvgIpc) is 2.74. The standard InChI is InChI=1S/C18H17N3O3S/c1-11-12(7-5-8-15(11)21(23)24)17(22)20-18-14(10-19)13-6-3-2-4-9-16(13)25-18/h5,7-8H,2-4,6,9H2,1H3,(H,20,22). The molecule has 1 heterocycles. The summed E-state index contributed by atoms with van der Waals surface area (Å²) in [6.45, 7) is 1.56. The van der Waals surface area contributed by atoms with Gasteiger partial charge in [0.15, 0.2) is 0 Å². The first-order chi connectivity index (χ1) is 12.0. The fraction of sp³-hybridized carbons (Fsp3) is 0.333. The topological polar surface area (TPSA) is 96.0 Å². The average molecular weight is 355 g/mol. The molecule has 1 aliphatic carbocycles. The van der Waals surface area contributed by atoms with Gasteiger partial charge in [0.2, 0.25) is 0 Å². The molecule has 2 aromatic rings. The van der Waals surface area contributed by atoms with Gasteiger partial charge in [0, 0.05) is 22.1 Å². The SMILES string of the molecule is Cc1c(C(=O)Nc2sc3c(c2C#N)CCCCC3)cccc1[N+](=O)[O-]. The first-order valence-corrected chi connectivity index (χ1v) is 8.94. The number of hydrogen-bond donors (Lipinski definition) is 1. The minimum atomic E-state index is -0.500. The van der Waals surface area contributed by atoms with Crippen molar-refractivity contribution in [1.29, 1.82) is 5.26 Å². The van der Waals surface area contributed by atoms with Crippen LogP contribution in [0, 0.1) is 28.4 Å². The molecule has 0 saturated carbocycles. The lowest BCUT2D eigenvalue weighted by molar-refractivity contribution is -0.385. The Kier molecular flexibility index (Phi) is 4.81. The zero-order chi connectivity index (χ0) is 18.0. The second-order valence-corrected chi connectivity index (χ2v) is 7.15. The van der Waals surface area contributed by atoms with Gasteiger partial charge in [0.05, 0.1) is 10.5 Å². The minimum absolute atomic E-state index is 0.0879. The van der Waals surface area contributed by atoms with Crippen molar-refractivity contribution < 1.29 is 9.72 Å². The second kappa shape index (κ2) is 7.03. The molecule has 128 valence electrons. The van der Waals surface area contributed by atoms with Crippen molar-refractivity contribution in [2.45, 2.75) is 39.0 Å². The summed E-state index contributed by atoms with van der Waals surface area (Å²) in [5, 5.41) is 23.9. The van der Waals surface area contributed by atoms with E-state index in [1.54, 1.807) is 13.0 Å². The molecule has 7 heteroatoms. The highest BCUT2D eigenvalue weighted by molar-refractivity contribution is 7.16. The van der Waals surface area contributed by atoms with Gasteiger partial charge in [-0.3, -0.25) is 14.9 Å². The third-order valence-corrected chi connectivity index (χ3v) is 5.71. The lowest BCUT2D eigenvalue weighted by atomic mass is 10.1. The van der Waals surface area contributed by atoms with E-state index in [-0.39, 0.29) is 11.3 Å². The van der Waals surface area contributed by atoms with Crippen molar-refractivity contribution in [1.82, 2.24) is 0 Å². The number of nitrogens with zero attached hydrogens (tertiary/aromatic N) is 2. The summed E-state index contributed by atoms with van der Waals surface area (Å²) in [5.74, 6) is -0.422. The predicted molar refractivity (Wildman–Crippen MR) is 96.1 cm³/mol. The number of nitro groups is 1. The van der Waals surface area contributed by atoms with E-state index in [9.17, 15) is 20.2 Å². The van der Waals surface area contributed by atoms with Crippen molar-refractivity contribution in [3.8, 4) is 6.07 Å². The van der Waals surface area contributed by atoms with Crippen LogP contribution in [-0.4, -0.2) is 10.8 Å². The number of aryl methyl sites for hydroxylation is 1. The Bertz CT molecular complexity index is 896. The molecule has 1 aliphatic rings. The van der Waals surface area contributed by atoms with Crippen molar-refractivity contribution in [3.63, 3.8) is 0 Å². The molecular weight excluding hydrogens is 338 g/mol. The monoisotopic (exact) mass is 355 g/mol.